The van der Waals surface area contributed by atoms with Gasteiger partial charge in [0.1, 0.15) is 6.10 Å². The van der Waals surface area contributed by atoms with Gasteiger partial charge >= 0.3 is 0 Å². The molecule has 0 aromatic carbocycles. The topological polar surface area (TPSA) is 37.3 Å². The third-order valence-corrected chi connectivity index (χ3v) is 2.72. The fourth-order valence-corrected chi connectivity index (χ4v) is 1.71. The quantitative estimate of drug-likeness (QED) is 0.534. The van der Waals surface area contributed by atoms with Gasteiger partial charge in [-0.05, 0) is 6.42 Å². The number of unbranched alkanes of at least 4 members (excludes halogenated alkanes) is 8. The number of aliphatic hydroxyl groups is 1. The van der Waals surface area contributed by atoms with E-state index in [2.05, 4.69) is 6.92 Å². The average Bonchev–Trinajstić information content (AvgIpc) is 2.26. The average molecular weight is 213 g/mol. The molecule has 1 atom stereocenters. The van der Waals surface area contributed by atoms with Crippen LogP contribution in [0.15, 0.2) is 0 Å². The SMILES string of the molecule is CCCCCCCCCCCC(O)[C]=O. The molecule has 0 saturated carbocycles. The normalized spacial score (nSPS) is 12.7. The van der Waals surface area contributed by atoms with Gasteiger partial charge in [0, 0.05) is 0 Å². The highest BCUT2D eigenvalue weighted by molar-refractivity contribution is 5.56. The smallest absolute Gasteiger partial charge is 0.229 e. The Morgan fingerprint density at radius 1 is 0.933 bits per heavy atom. The molecule has 0 heterocycles. The van der Waals surface area contributed by atoms with Crippen LogP contribution >= 0.6 is 0 Å². The molecular weight excluding hydrogens is 188 g/mol. The third-order valence-electron chi connectivity index (χ3n) is 2.72. The van der Waals surface area contributed by atoms with Crippen molar-refractivity contribution in [1.82, 2.24) is 0 Å². The molecule has 0 bridgehead atoms. The molecule has 0 spiro atoms. The summed E-state index contributed by atoms with van der Waals surface area (Å²) in [6.07, 6.45) is 12.7. The zero-order chi connectivity index (χ0) is 11.4. The zero-order valence-electron chi connectivity index (χ0n) is 10.0. The van der Waals surface area contributed by atoms with E-state index in [0.717, 1.165) is 12.8 Å². The molecule has 0 aromatic rings. The Morgan fingerprint density at radius 2 is 1.40 bits per heavy atom. The van der Waals surface area contributed by atoms with E-state index in [4.69, 9.17) is 5.11 Å². The number of hydrogen-bond donors (Lipinski definition) is 1. The standard InChI is InChI=1S/C13H25O2/c1-2-3-4-5-6-7-8-9-10-11-13(15)12-14/h13,15H,2-11H2,1H3. The van der Waals surface area contributed by atoms with Gasteiger partial charge in [-0.2, -0.15) is 0 Å². The molecule has 0 amide bonds. The van der Waals surface area contributed by atoms with E-state index in [9.17, 15) is 4.79 Å². The lowest BCUT2D eigenvalue weighted by Gasteiger charge is -2.02. The summed E-state index contributed by atoms with van der Waals surface area (Å²) in [5.41, 5.74) is 0. The van der Waals surface area contributed by atoms with Gasteiger partial charge in [-0.15, -0.1) is 0 Å². The van der Waals surface area contributed by atoms with Crippen LogP contribution in [-0.4, -0.2) is 17.5 Å². The number of carbonyl (C=O) groups excluding carboxylic acids is 1. The van der Waals surface area contributed by atoms with Crippen molar-refractivity contribution in [3.8, 4) is 0 Å². The second-order valence-corrected chi connectivity index (χ2v) is 4.25. The van der Waals surface area contributed by atoms with Crippen molar-refractivity contribution in [2.75, 3.05) is 0 Å². The van der Waals surface area contributed by atoms with Crippen LogP contribution in [0.3, 0.4) is 0 Å². The van der Waals surface area contributed by atoms with E-state index < -0.39 is 6.10 Å². The van der Waals surface area contributed by atoms with Crippen molar-refractivity contribution < 1.29 is 9.90 Å². The lowest BCUT2D eigenvalue weighted by molar-refractivity contribution is 0.219. The van der Waals surface area contributed by atoms with E-state index in [1.807, 2.05) is 0 Å². The number of rotatable bonds is 11. The molecular formula is C13H25O2. The Bertz CT molecular complexity index is 134. The first kappa shape index (κ1) is 14.6. The van der Waals surface area contributed by atoms with E-state index in [0.29, 0.717) is 6.42 Å². The highest BCUT2D eigenvalue weighted by Gasteiger charge is 2.01. The zero-order valence-corrected chi connectivity index (χ0v) is 10.0. The molecule has 1 N–H and O–H groups in total. The van der Waals surface area contributed by atoms with Crippen molar-refractivity contribution in [2.45, 2.75) is 77.2 Å². The maximum atomic E-state index is 10.00. The monoisotopic (exact) mass is 213 g/mol. The maximum Gasteiger partial charge on any atom is 0.229 e. The van der Waals surface area contributed by atoms with Gasteiger partial charge in [0.2, 0.25) is 6.29 Å². The van der Waals surface area contributed by atoms with Crippen LogP contribution in [0, 0.1) is 0 Å². The van der Waals surface area contributed by atoms with Crippen molar-refractivity contribution in [1.29, 1.82) is 0 Å². The van der Waals surface area contributed by atoms with Gasteiger partial charge in [-0.25, -0.2) is 0 Å². The van der Waals surface area contributed by atoms with Gasteiger partial charge in [-0.1, -0.05) is 64.7 Å². The van der Waals surface area contributed by atoms with Crippen LogP contribution in [0.1, 0.15) is 71.1 Å². The van der Waals surface area contributed by atoms with Crippen LogP contribution in [-0.2, 0) is 4.79 Å². The van der Waals surface area contributed by atoms with Crippen LogP contribution in [0.4, 0.5) is 0 Å². The van der Waals surface area contributed by atoms with Crippen LogP contribution in [0.2, 0.25) is 0 Å². The minimum absolute atomic E-state index is 0.583. The summed E-state index contributed by atoms with van der Waals surface area (Å²) in [6, 6.07) is 0. The maximum absolute atomic E-state index is 10.00. The van der Waals surface area contributed by atoms with E-state index in [-0.39, 0.29) is 0 Å². The van der Waals surface area contributed by atoms with Gasteiger partial charge < -0.3 is 5.11 Å². The summed E-state index contributed by atoms with van der Waals surface area (Å²) in [5.74, 6) is 0. The van der Waals surface area contributed by atoms with Crippen LogP contribution in [0.25, 0.3) is 0 Å². The van der Waals surface area contributed by atoms with Crippen molar-refractivity contribution in [2.24, 2.45) is 0 Å². The molecule has 0 aliphatic carbocycles. The Balaban J connectivity index is 2.95. The van der Waals surface area contributed by atoms with Gasteiger partial charge in [0.25, 0.3) is 0 Å². The molecule has 1 radical (unpaired) electrons. The van der Waals surface area contributed by atoms with Crippen molar-refractivity contribution >= 4 is 6.29 Å². The first-order valence-corrected chi connectivity index (χ1v) is 6.37. The minimum Gasteiger partial charge on any atom is -0.385 e. The Hall–Kier alpha value is -0.370. The number of hydrogen-bond acceptors (Lipinski definition) is 2. The fraction of sp³-hybridized carbons (Fsp3) is 0.923. The van der Waals surface area contributed by atoms with Crippen LogP contribution < -0.4 is 0 Å². The predicted molar refractivity (Wildman–Crippen MR) is 63.5 cm³/mol. The number of aliphatic hydroxyl groups excluding tert-OH is 1. The highest BCUT2D eigenvalue weighted by atomic mass is 16.3. The lowest BCUT2D eigenvalue weighted by atomic mass is 10.1. The fourth-order valence-electron chi connectivity index (χ4n) is 1.71. The molecule has 89 valence electrons. The summed E-state index contributed by atoms with van der Waals surface area (Å²) in [7, 11) is 0. The molecule has 2 heteroatoms. The van der Waals surface area contributed by atoms with Gasteiger partial charge in [-0.3, -0.25) is 4.79 Å². The van der Waals surface area contributed by atoms with E-state index in [1.165, 1.54) is 44.9 Å². The third kappa shape index (κ3) is 11.6. The second kappa shape index (κ2) is 11.7. The molecule has 15 heavy (non-hydrogen) atoms. The summed E-state index contributed by atoms with van der Waals surface area (Å²) in [4.78, 5) is 10.00. The highest BCUT2D eigenvalue weighted by Crippen LogP contribution is 2.10. The van der Waals surface area contributed by atoms with E-state index >= 15 is 0 Å². The van der Waals surface area contributed by atoms with Gasteiger partial charge in [0.05, 0.1) is 0 Å². The van der Waals surface area contributed by atoms with Crippen molar-refractivity contribution in [3.05, 3.63) is 0 Å². The summed E-state index contributed by atoms with van der Waals surface area (Å²) >= 11 is 0. The molecule has 0 aliphatic heterocycles. The van der Waals surface area contributed by atoms with Crippen molar-refractivity contribution in [3.63, 3.8) is 0 Å². The molecule has 0 saturated heterocycles. The summed E-state index contributed by atoms with van der Waals surface area (Å²) in [6.45, 7) is 2.23. The predicted octanol–water partition coefficient (Wildman–Crippen LogP) is 3.38. The van der Waals surface area contributed by atoms with Gasteiger partial charge in [0.15, 0.2) is 0 Å². The summed E-state index contributed by atoms with van der Waals surface area (Å²) in [5, 5.41) is 8.93. The second-order valence-electron chi connectivity index (χ2n) is 4.25. The molecule has 1 unspecified atom stereocenters. The summed E-state index contributed by atoms with van der Waals surface area (Å²) < 4.78 is 0. The Kier molecular flexibility index (Phi) is 11.4. The lowest BCUT2D eigenvalue weighted by Crippen LogP contribution is -2.06. The Morgan fingerprint density at radius 3 is 1.87 bits per heavy atom. The molecule has 0 aromatic heterocycles. The molecule has 2 nitrogen and oxygen atoms in total. The first-order chi connectivity index (χ1) is 7.31. The van der Waals surface area contributed by atoms with E-state index in [1.54, 1.807) is 6.29 Å². The largest absolute Gasteiger partial charge is 0.385 e. The molecule has 0 fully saturated rings. The molecule has 0 aliphatic rings. The minimum atomic E-state index is -0.852. The Labute approximate surface area is 94.1 Å². The van der Waals surface area contributed by atoms with Crippen LogP contribution in [0.5, 0.6) is 0 Å². The molecule has 0 rings (SSSR count). The first-order valence-electron chi connectivity index (χ1n) is 6.37.